The maximum absolute atomic E-state index is 14.0. The van der Waals surface area contributed by atoms with Crippen LogP contribution in [0.2, 0.25) is 0 Å². The molecule has 0 saturated heterocycles. The Hall–Kier alpha value is -0.960. The van der Waals surface area contributed by atoms with Gasteiger partial charge in [-0.3, -0.25) is 0 Å². The average molecular weight is 281 g/mol. The molecule has 0 saturated carbocycles. The molecule has 1 aromatic rings. The number of anilines is 1. The van der Waals surface area contributed by atoms with Crippen LogP contribution >= 0.6 is 12.6 Å². The fourth-order valence-electron chi connectivity index (χ4n) is 1.87. The zero-order valence-electron chi connectivity index (χ0n) is 12.2. The second-order valence-electron chi connectivity index (χ2n) is 5.52. The Kier molecular flexibility index (Phi) is 6.43. The Balaban J connectivity index is 2.69. The molecule has 106 valence electrons. The smallest absolute Gasteiger partial charge is 0.146 e. The van der Waals surface area contributed by atoms with Gasteiger partial charge in [0.25, 0.3) is 0 Å². The molecule has 0 bridgehead atoms. The molecule has 0 amide bonds. The van der Waals surface area contributed by atoms with Crippen molar-refractivity contribution in [1.82, 2.24) is 0 Å². The van der Waals surface area contributed by atoms with Crippen molar-refractivity contribution in [3.8, 4) is 0 Å². The van der Waals surface area contributed by atoms with Crippen molar-refractivity contribution in [1.29, 1.82) is 0 Å². The van der Waals surface area contributed by atoms with E-state index in [0.29, 0.717) is 11.6 Å². The van der Waals surface area contributed by atoms with Gasteiger partial charge in [0.15, 0.2) is 0 Å². The van der Waals surface area contributed by atoms with Gasteiger partial charge in [0.05, 0.1) is 5.69 Å². The summed E-state index contributed by atoms with van der Waals surface area (Å²) in [5.41, 5.74) is 2.40. The maximum atomic E-state index is 14.0. The molecule has 0 heterocycles. The number of hydrogen-bond acceptors (Lipinski definition) is 2. The van der Waals surface area contributed by atoms with Crippen molar-refractivity contribution in [3.05, 3.63) is 35.0 Å². The molecule has 0 aliphatic carbocycles. The SMILES string of the molecule is C/C(=C\S)c1ccc(NC(C)CCC(C)C)c(F)c1. The molecule has 1 unspecified atom stereocenters. The number of benzene rings is 1. The number of nitrogens with one attached hydrogen (secondary N) is 1. The number of hydrogen-bond donors (Lipinski definition) is 2. The van der Waals surface area contributed by atoms with E-state index in [4.69, 9.17) is 0 Å². The minimum Gasteiger partial charge on any atom is -0.380 e. The topological polar surface area (TPSA) is 12.0 Å². The van der Waals surface area contributed by atoms with E-state index in [1.807, 2.05) is 13.0 Å². The first kappa shape index (κ1) is 16.1. The first-order valence-electron chi connectivity index (χ1n) is 6.81. The summed E-state index contributed by atoms with van der Waals surface area (Å²) in [6.45, 7) is 8.41. The number of allylic oxidation sites excluding steroid dienone is 1. The van der Waals surface area contributed by atoms with Gasteiger partial charge in [0, 0.05) is 6.04 Å². The lowest BCUT2D eigenvalue weighted by molar-refractivity contribution is 0.525. The van der Waals surface area contributed by atoms with Crippen molar-refractivity contribution in [3.63, 3.8) is 0 Å². The van der Waals surface area contributed by atoms with E-state index >= 15 is 0 Å². The summed E-state index contributed by atoms with van der Waals surface area (Å²) in [4.78, 5) is 0. The number of thiol groups is 1. The van der Waals surface area contributed by atoms with Crippen molar-refractivity contribution in [2.45, 2.75) is 46.6 Å². The summed E-state index contributed by atoms with van der Waals surface area (Å²) in [5.74, 6) is 0.475. The summed E-state index contributed by atoms with van der Waals surface area (Å²) in [7, 11) is 0. The Bertz CT molecular complexity index is 440. The minimum atomic E-state index is -0.205. The predicted octanol–water partition coefficient (Wildman–Crippen LogP) is 5.35. The summed E-state index contributed by atoms with van der Waals surface area (Å²) in [6, 6.07) is 5.56. The van der Waals surface area contributed by atoms with Crippen LogP contribution in [0.1, 0.15) is 46.1 Å². The fraction of sp³-hybridized carbons (Fsp3) is 0.500. The van der Waals surface area contributed by atoms with E-state index in [-0.39, 0.29) is 11.9 Å². The average Bonchev–Trinajstić information content (AvgIpc) is 2.37. The van der Waals surface area contributed by atoms with Gasteiger partial charge < -0.3 is 5.32 Å². The molecular weight excluding hydrogens is 257 g/mol. The molecule has 1 nitrogen and oxygen atoms in total. The molecule has 0 aliphatic heterocycles. The Morgan fingerprint density at radius 3 is 2.53 bits per heavy atom. The predicted molar refractivity (Wildman–Crippen MR) is 86.2 cm³/mol. The Labute approximate surface area is 121 Å². The summed E-state index contributed by atoms with van der Waals surface area (Å²) >= 11 is 4.09. The van der Waals surface area contributed by atoms with Gasteiger partial charge in [-0.1, -0.05) is 19.9 Å². The summed E-state index contributed by atoms with van der Waals surface area (Å²) < 4.78 is 14.0. The van der Waals surface area contributed by atoms with E-state index in [0.717, 1.165) is 24.0 Å². The van der Waals surface area contributed by atoms with Gasteiger partial charge in [-0.25, -0.2) is 4.39 Å². The quantitative estimate of drug-likeness (QED) is 0.669. The molecular formula is C16H24FNS. The van der Waals surface area contributed by atoms with Crippen LogP contribution in [0.3, 0.4) is 0 Å². The fourth-order valence-corrected chi connectivity index (χ4v) is 2.02. The van der Waals surface area contributed by atoms with Crippen LogP contribution in [0.15, 0.2) is 23.6 Å². The van der Waals surface area contributed by atoms with Crippen LogP contribution in [0.4, 0.5) is 10.1 Å². The molecule has 1 aromatic carbocycles. The van der Waals surface area contributed by atoms with Gasteiger partial charge in [-0.2, -0.15) is 12.6 Å². The summed E-state index contributed by atoms with van der Waals surface area (Å²) in [5, 5.41) is 4.92. The van der Waals surface area contributed by atoms with Crippen LogP contribution in [0.5, 0.6) is 0 Å². The standard InChI is InChI=1S/C16H24FNS/c1-11(2)5-6-13(4)18-16-8-7-14(9-15(16)17)12(3)10-19/h7-11,13,18-19H,5-6H2,1-4H3/b12-10+. The summed E-state index contributed by atoms with van der Waals surface area (Å²) in [6.07, 6.45) is 2.20. The third-order valence-corrected chi connectivity index (χ3v) is 3.58. The van der Waals surface area contributed by atoms with E-state index in [2.05, 4.69) is 38.7 Å². The first-order chi connectivity index (χ1) is 8.93. The van der Waals surface area contributed by atoms with Crippen LogP contribution in [-0.4, -0.2) is 6.04 Å². The largest absolute Gasteiger partial charge is 0.380 e. The van der Waals surface area contributed by atoms with Crippen molar-refractivity contribution < 1.29 is 4.39 Å². The van der Waals surface area contributed by atoms with Crippen molar-refractivity contribution in [2.75, 3.05) is 5.32 Å². The molecule has 0 radical (unpaired) electrons. The molecule has 1 rings (SSSR count). The number of rotatable bonds is 6. The van der Waals surface area contributed by atoms with Crippen LogP contribution < -0.4 is 5.32 Å². The first-order valence-corrected chi connectivity index (χ1v) is 7.33. The molecule has 0 spiro atoms. The van der Waals surface area contributed by atoms with E-state index in [1.54, 1.807) is 17.5 Å². The van der Waals surface area contributed by atoms with Crippen LogP contribution in [-0.2, 0) is 0 Å². The highest BCUT2D eigenvalue weighted by atomic mass is 32.1. The molecule has 0 aromatic heterocycles. The third-order valence-electron chi connectivity index (χ3n) is 3.20. The van der Waals surface area contributed by atoms with Gasteiger partial charge in [-0.15, -0.1) is 0 Å². The van der Waals surface area contributed by atoms with Gasteiger partial charge in [-0.05, 0) is 61.3 Å². The van der Waals surface area contributed by atoms with Gasteiger partial charge in [0.2, 0.25) is 0 Å². The monoisotopic (exact) mass is 281 g/mol. The lowest BCUT2D eigenvalue weighted by Crippen LogP contribution is -2.16. The molecule has 0 fully saturated rings. The van der Waals surface area contributed by atoms with Crippen molar-refractivity contribution >= 4 is 23.9 Å². The second kappa shape index (κ2) is 7.59. The Morgan fingerprint density at radius 2 is 2.00 bits per heavy atom. The lowest BCUT2D eigenvalue weighted by atomic mass is 10.0. The third kappa shape index (κ3) is 5.27. The van der Waals surface area contributed by atoms with Gasteiger partial charge >= 0.3 is 0 Å². The minimum absolute atomic E-state index is 0.205. The normalized spacial score (nSPS) is 13.7. The van der Waals surface area contributed by atoms with Crippen LogP contribution in [0.25, 0.3) is 5.57 Å². The van der Waals surface area contributed by atoms with Crippen LogP contribution in [0, 0.1) is 11.7 Å². The molecule has 0 aliphatic rings. The molecule has 3 heteroatoms. The second-order valence-corrected chi connectivity index (χ2v) is 5.78. The highest BCUT2D eigenvalue weighted by molar-refractivity contribution is 7.83. The van der Waals surface area contributed by atoms with Crippen molar-refractivity contribution in [2.24, 2.45) is 5.92 Å². The maximum Gasteiger partial charge on any atom is 0.146 e. The lowest BCUT2D eigenvalue weighted by Gasteiger charge is -2.17. The van der Waals surface area contributed by atoms with Gasteiger partial charge in [0.1, 0.15) is 5.82 Å². The Morgan fingerprint density at radius 1 is 1.32 bits per heavy atom. The zero-order valence-corrected chi connectivity index (χ0v) is 13.1. The van der Waals surface area contributed by atoms with E-state index in [1.165, 1.54) is 0 Å². The highest BCUT2D eigenvalue weighted by Crippen LogP contribution is 2.22. The van der Waals surface area contributed by atoms with E-state index < -0.39 is 0 Å². The molecule has 19 heavy (non-hydrogen) atoms. The number of halogens is 1. The molecule has 1 N–H and O–H groups in total. The zero-order chi connectivity index (χ0) is 14.4. The highest BCUT2D eigenvalue weighted by Gasteiger charge is 2.08. The molecule has 1 atom stereocenters. The van der Waals surface area contributed by atoms with E-state index in [9.17, 15) is 4.39 Å².